The smallest absolute Gasteiger partial charge is 0.369 e. The number of hydrogen-bond acceptors (Lipinski definition) is 4. The van der Waals surface area contributed by atoms with Crippen LogP contribution in [0.3, 0.4) is 0 Å². The molecule has 1 saturated heterocycles. The Morgan fingerprint density at radius 1 is 1.04 bits per heavy atom. The van der Waals surface area contributed by atoms with E-state index < -0.39 is 12.7 Å². The fourth-order valence-corrected chi connectivity index (χ4v) is 3.25. The minimum Gasteiger partial charge on any atom is -0.369 e. The molecular weight excluding hydrogens is 343 g/mol. The lowest BCUT2D eigenvalue weighted by molar-refractivity contribution is -0.142. The van der Waals surface area contributed by atoms with Gasteiger partial charge in [-0.1, -0.05) is 0 Å². The van der Waals surface area contributed by atoms with Crippen molar-refractivity contribution in [1.82, 2.24) is 19.7 Å². The van der Waals surface area contributed by atoms with Gasteiger partial charge in [0.15, 0.2) is 11.6 Å². The molecule has 140 valence electrons. The van der Waals surface area contributed by atoms with E-state index in [1.165, 1.54) is 0 Å². The van der Waals surface area contributed by atoms with E-state index in [2.05, 4.69) is 26.9 Å². The van der Waals surface area contributed by atoms with E-state index >= 15 is 0 Å². The van der Waals surface area contributed by atoms with Crippen LogP contribution < -0.4 is 4.90 Å². The molecule has 0 amide bonds. The molecule has 2 heterocycles. The fraction of sp³-hybridized carbons (Fsp3) is 0.556. The zero-order valence-corrected chi connectivity index (χ0v) is 14.7. The zero-order chi connectivity index (χ0) is 18.3. The number of piperazine rings is 1. The Kier molecular flexibility index (Phi) is 4.38. The number of aromatic nitrogens is 3. The average molecular weight is 365 g/mol. The predicted molar refractivity (Wildman–Crippen MR) is 93.2 cm³/mol. The first kappa shape index (κ1) is 17.3. The van der Waals surface area contributed by atoms with Crippen molar-refractivity contribution in [1.29, 1.82) is 0 Å². The number of hydrogen-bond donors (Lipinski definition) is 0. The molecule has 1 aliphatic heterocycles. The molecule has 5 nitrogen and oxygen atoms in total. The van der Waals surface area contributed by atoms with E-state index in [1.54, 1.807) is 0 Å². The summed E-state index contributed by atoms with van der Waals surface area (Å²) in [5.74, 6) is 1.05. The monoisotopic (exact) mass is 365 g/mol. The molecule has 4 rings (SSSR count). The van der Waals surface area contributed by atoms with Crippen molar-refractivity contribution >= 4 is 5.69 Å². The average Bonchev–Trinajstić information content (AvgIpc) is 3.36. The second kappa shape index (κ2) is 6.57. The Morgan fingerprint density at radius 2 is 1.69 bits per heavy atom. The summed E-state index contributed by atoms with van der Waals surface area (Å²) in [6.45, 7) is 2.80. The third kappa shape index (κ3) is 3.85. The van der Waals surface area contributed by atoms with Crippen molar-refractivity contribution in [3.05, 3.63) is 30.1 Å². The molecule has 2 aliphatic rings. The summed E-state index contributed by atoms with van der Waals surface area (Å²) in [7, 11) is 2.10. The molecule has 2 aromatic rings. The molecule has 1 aliphatic carbocycles. The van der Waals surface area contributed by atoms with Crippen molar-refractivity contribution < 1.29 is 13.2 Å². The third-order valence-corrected chi connectivity index (χ3v) is 4.95. The lowest BCUT2D eigenvalue weighted by atomic mass is 10.1. The van der Waals surface area contributed by atoms with E-state index in [1.807, 2.05) is 24.3 Å². The number of halogens is 3. The molecule has 1 aromatic heterocycles. The van der Waals surface area contributed by atoms with Gasteiger partial charge in [0.05, 0.1) is 0 Å². The Labute approximate surface area is 150 Å². The molecule has 8 heteroatoms. The van der Waals surface area contributed by atoms with Gasteiger partial charge >= 0.3 is 6.18 Å². The second-order valence-electron chi connectivity index (χ2n) is 7.18. The van der Waals surface area contributed by atoms with Gasteiger partial charge in [-0.3, -0.25) is 0 Å². The molecule has 0 unspecified atom stereocenters. The molecule has 1 saturated carbocycles. The summed E-state index contributed by atoms with van der Waals surface area (Å²) >= 11 is 0. The number of rotatable bonds is 4. The first-order valence-corrected chi connectivity index (χ1v) is 8.94. The van der Waals surface area contributed by atoms with Gasteiger partial charge in [-0.05, 0) is 44.2 Å². The highest BCUT2D eigenvalue weighted by molar-refractivity contribution is 5.61. The van der Waals surface area contributed by atoms with Crippen LogP contribution in [0, 0.1) is 0 Å². The summed E-state index contributed by atoms with van der Waals surface area (Å²) in [5.41, 5.74) is 1.76. The largest absolute Gasteiger partial charge is 0.408 e. The standard InChI is InChI=1S/C18H22F3N5/c1-24-8-10-25(11-9-24)15-6-4-14(5-7-15)17-22-16(13-2-3-13)23-26(17)12-18(19,20)21/h4-7,13H,2-3,8-12H2,1H3. The first-order valence-electron chi connectivity index (χ1n) is 8.94. The molecule has 0 bridgehead atoms. The molecule has 1 aromatic carbocycles. The Bertz CT molecular complexity index is 756. The number of likely N-dealkylation sites (N-methyl/N-ethyl adjacent to an activating group) is 1. The Hall–Kier alpha value is -2.09. The maximum Gasteiger partial charge on any atom is 0.408 e. The van der Waals surface area contributed by atoms with Crippen LogP contribution in [0.25, 0.3) is 11.4 Å². The minimum atomic E-state index is -4.32. The van der Waals surface area contributed by atoms with Crippen molar-refractivity contribution in [2.75, 3.05) is 38.1 Å². The van der Waals surface area contributed by atoms with Crippen LogP contribution in [0.1, 0.15) is 24.6 Å². The van der Waals surface area contributed by atoms with E-state index in [-0.39, 0.29) is 5.92 Å². The fourth-order valence-electron chi connectivity index (χ4n) is 3.25. The molecule has 0 atom stereocenters. The summed E-state index contributed by atoms with van der Waals surface area (Å²) < 4.78 is 39.7. The quantitative estimate of drug-likeness (QED) is 0.834. The molecule has 0 N–H and O–H groups in total. The number of alkyl halides is 3. The summed E-state index contributed by atoms with van der Waals surface area (Å²) in [4.78, 5) is 8.98. The summed E-state index contributed by atoms with van der Waals surface area (Å²) in [5, 5.41) is 4.12. The van der Waals surface area contributed by atoms with Gasteiger partial charge in [0.2, 0.25) is 0 Å². The zero-order valence-electron chi connectivity index (χ0n) is 14.7. The van der Waals surface area contributed by atoms with Gasteiger partial charge in [0, 0.05) is 43.3 Å². The van der Waals surface area contributed by atoms with E-state index in [9.17, 15) is 13.2 Å². The third-order valence-electron chi connectivity index (χ3n) is 4.95. The van der Waals surface area contributed by atoms with Crippen LogP contribution in [0.4, 0.5) is 18.9 Å². The highest BCUT2D eigenvalue weighted by Gasteiger charge is 2.34. The lowest BCUT2D eigenvalue weighted by Crippen LogP contribution is -2.44. The highest BCUT2D eigenvalue weighted by atomic mass is 19.4. The van der Waals surface area contributed by atoms with Crippen molar-refractivity contribution in [3.8, 4) is 11.4 Å². The molecule has 0 spiro atoms. The van der Waals surface area contributed by atoms with E-state index in [4.69, 9.17) is 0 Å². The molecular formula is C18H22F3N5. The Balaban J connectivity index is 1.58. The molecule has 26 heavy (non-hydrogen) atoms. The normalized spacial score (nSPS) is 19.2. The lowest BCUT2D eigenvalue weighted by Gasteiger charge is -2.34. The SMILES string of the molecule is CN1CCN(c2ccc(-c3nc(C4CC4)nn3CC(F)(F)F)cc2)CC1. The van der Waals surface area contributed by atoms with Gasteiger partial charge < -0.3 is 9.80 Å². The van der Waals surface area contributed by atoms with Crippen LogP contribution in [0.15, 0.2) is 24.3 Å². The van der Waals surface area contributed by atoms with Gasteiger partial charge in [0.1, 0.15) is 6.54 Å². The van der Waals surface area contributed by atoms with Crippen molar-refractivity contribution in [2.24, 2.45) is 0 Å². The first-order chi connectivity index (χ1) is 12.4. The van der Waals surface area contributed by atoms with Crippen molar-refractivity contribution in [3.63, 3.8) is 0 Å². The topological polar surface area (TPSA) is 37.2 Å². The number of nitrogens with zero attached hydrogens (tertiary/aromatic N) is 5. The number of anilines is 1. The highest BCUT2D eigenvalue weighted by Crippen LogP contribution is 2.39. The predicted octanol–water partition coefficient (Wildman–Crippen LogP) is 3.14. The number of benzene rings is 1. The van der Waals surface area contributed by atoms with Gasteiger partial charge in [-0.15, -0.1) is 0 Å². The van der Waals surface area contributed by atoms with Crippen LogP contribution in [-0.2, 0) is 6.54 Å². The Morgan fingerprint density at radius 3 is 2.27 bits per heavy atom. The summed E-state index contributed by atoms with van der Waals surface area (Å²) in [6, 6.07) is 7.62. The summed E-state index contributed by atoms with van der Waals surface area (Å²) in [6.07, 6.45) is -2.40. The maximum atomic E-state index is 12.9. The van der Waals surface area contributed by atoms with Crippen LogP contribution in [0.5, 0.6) is 0 Å². The van der Waals surface area contributed by atoms with Gasteiger partial charge in [-0.25, -0.2) is 9.67 Å². The maximum absolute atomic E-state index is 12.9. The van der Waals surface area contributed by atoms with Crippen LogP contribution in [0.2, 0.25) is 0 Å². The minimum absolute atomic E-state index is 0.216. The van der Waals surface area contributed by atoms with E-state index in [0.717, 1.165) is 49.4 Å². The second-order valence-corrected chi connectivity index (χ2v) is 7.18. The van der Waals surface area contributed by atoms with Gasteiger partial charge in [-0.2, -0.15) is 18.3 Å². The van der Waals surface area contributed by atoms with Crippen LogP contribution >= 0.6 is 0 Å². The molecule has 0 radical (unpaired) electrons. The van der Waals surface area contributed by atoms with Crippen LogP contribution in [-0.4, -0.2) is 59.1 Å². The van der Waals surface area contributed by atoms with Gasteiger partial charge in [0.25, 0.3) is 0 Å². The molecule has 2 fully saturated rings. The van der Waals surface area contributed by atoms with E-state index in [0.29, 0.717) is 17.2 Å². The van der Waals surface area contributed by atoms with Crippen molar-refractivity contribution in [2.45, 2.75) is 31.5 Å².